The molecule has 0 radical (unpaired) electrons. The van der Waals surface area contributed by atoms with Crippen molar-refractivity contribution in [3.8, 4) is 0 Å². The summed E-state index contributed by atoms with van der Waals surface area (Å²) in [5.74, 6) is 0.614. The zero-order valence-electron chi connectivity index (χ0n) is 11.7. The van der Waals surface area contributed by atoms with Crippen LogP contribution >= 0.6 is 0 Å². The predicted molar refractivity (Wildman–Crippen MR) is 73.0 cm³/mol. The Morgan fingerprint density at radius 1 is 1.28 bits per heavy atom. The predicted octanol–water partition coefficient (Wildman–Crippen LogP) is 1.42. The van der Waals surface area contributed by atoms with E-state index in [2.05, 4.69) is 5.32 Å². The van der Waals surface area contributed by atoms with Crippen LogP contribution in [0.1, 0.15) is 52.4 Å². The highest BCUT2D eigenvalue weighted by Crippen LogP contribution is 2.26. The van der Waals surface area contributed by atoms with E-state index in [1.54, 1.807) is 0 Å². The van der Waals surface area contributed by atoms with Gasteiger partial charge in [0.1, 0.15) is 0 Å². The van der Waals surface area contributed by atoms with Crippen molar-refractivity contribution in [2.24, 2.45) is 17.1 Å². The zero-order valence-corrected chi connectivity index (χ0v) is 11.7. The fraction of sp³-hybridized carbons (Fsp3) is 0.929. The summed E-state index contributed by atoms with van der Waals surface area (Å²) in [5.41, 5.74) is 5.37. The molecular weight excluding hydrogens is 228 g/mol. The maximum atomic E-state index is 12.2. The summed E-state index contributed by atoms with van der Waals surface area (Å²) in [7, 11) is 0. The highest BCUT2D eigenvalue weighted by Gasteiger charge is 2.33. The molecule has 0 aromatic heterocycles. The molecule has 0 saturated heterocycles. The lowest BCUT2D eigenvalue weighted by Gasteiger charge is -2.31. The van der Waals surface area contributed by atoms with Crippen molar-refractivity contribution in [1.29, 1.82) is 0 Å². The number of rotatable bonds is 6. The molecule has 0 aromatic carbocycles. The summed E-state index contributed by atoms with van der Waals surface area (Å²) < 4.78 is 0. The zero-order chi connectivity index (χ0) is 13.6. The number of carbonyl (C=O) groups is 1. The molecule has 0 unspecified atom stereocenters. The maximum absolute atomic E-state index is 12.2. The third kappa shape index (κ3) is 3.69. The van der Waals surface area contributed by atoms with Crippen LogP contribution in [0.15, 0.2) is 0 Å². The Labute approximate surface area is 110 Å². The highest BCUT2D eigenvalue weighted by atomic mass is 16.3. The van der Waals surface area contributed by atoms with E-state index < -0.39 is 5.41 Å². The van der Waals surface area contributed by atoms with Crippen molar-refractivity contribution >= 4 is 5.91 Å². The molecule has 0 bridgehead atoms. The molecule has 1 fully saturated rings. The van der Waals surface area contributed by atoms with Gasteiger partial charge in [-0.25, -0.2) is 0 Å². The van der Waals surface area contributed by atoms with Gasteiger partial charge in [0.15, 0.2) is 0 Å². The first-order valence-corrected chi connectivity index (χ1v) is 7.24. The molecule has 0 atom stereocenters. The molecule has 0 aromatic rings. The van der Waals surface area contributed by atoms with E-state index in [1.807, 2.05) is 13.8 Å². The van der Waals surface area contributed by atoms with E-state index >= 15 is 0 Å². The number of aliphatic hydroxyl groups excluding tert-OH is 1. The number of amides is 1. The van der Waals surface area contributed by atoms with Gasteiger partial charge in [-0.05, 0) is 44.4 Å². The summed E-state index contributed by atoms with van der Waals surface area (Å²) in [6.45, 7) is 5.18. The minimum absolute atomic E-state index is 0.0983. The van der Waals surface area contributed by atoms with E-state index in [0.29, 0.717) is 12.5 Å². The van der Waals surface area contributed by atoms with Gasteiger partial charge in [0.05, 0.1) is 11.5 Å². The van der Waals surface area contributed by atoms with Gasteiger partial charge in [0.2, 0.25) is 5.91 Å². The molecule has 4 nitrogen and oxygen atoms in total. The Morgan fingerprint density at radius 3 is 2.28 bits per heavy atom. The summed E-state index contributed by atoms with van der Waals surface area (Å²) >= 11 is 0. The van der Waals surface area contributed by atoms with Gasteiger partial charge >= 0.3 is 0 Å². The minimum atomic E-state index is -0.395. The van der Waals surface area contributed by atoms with E-state index in [9.17, 15) is 9.90 Å². The van der Waals surface area contributed by atoms with Crippen molar-refractivity contribution in [1.82, 2.24) is 5.32 Å². The number of nitrogens with two attached hydrogens (primary N) is 1. The van der Waals surface area contributed by atoms with E-state index in [-0.39, 0.29) is 12.0 Å². The first-order valence-electron chi connectivity index (χ1n) is 7.24. The standard InChI is InChI=1S/C14H28N2O2/c1-3-14(4-2,10-15)13(18)16-9-11-5-7-12(17)8-6-11/h11-12,17H,3-10,15H2,1-2H3,(H,16,18). The number of aliphatic hydroxyl groups is 1. The molecule has 18 heavy (non-hydrogen) atoms. The third-order valence-corrected chi connectivity index (χ3v) is 4.59. The molecule has 106 valence electrons. The van der Waals surface area contributed by atoms with Gasteiger partial charge < -0.3 is 16.2 Å². The number of hydrogen-bond donors (Lipinski definition) is 3. The largest absolute Gasteiger partial charge is 0.393 e. The van der Waals surface area contributed by atoms with Crippen LogP contribution in [0.3, 0.4) is 0 Å². The Bertz CT molecular complexity index is 248. The van der Waals surface area contributed by atoms with Crippen LogP contribution in [0.4, 0.5) is 0 Å². The summed E-state index contributed by atoms with van der Waals surface area (Å²) in [4.78, 5) is 12.2. The van der Waals surface area contributed by atoms with E-state index in [4.69, 9.17) is 5.73 Å². The van der Waals surface area contributed by atoms with Gasteiger partial charge in [-0.3, -0.25) is 4.79 Å². The third-order valence-electron chi connectivity index (χ3n) is 4.59. The lowest BCUT2D eigenvalue weighted by atomic mass is 9.81. The molecule has 1 rings (SSSR count). The SMILES string of the molecule is CCC(CC)(CN)C(=O)NCC1CCC(O)CC1. The van der Waals surface area contributed by atoms with Gasteiger partial charge in [-0.2, -0.15) is 0 Å². The lowest BCUT2D eigenvalue weighted by molar-refractivity contribution is -0.131. The van der Waals surface area contributed by atoms with Crippen LogP contribution in [0.5, 0.6) is 0 Å². The topological polar surface area (TPSA) is 75.4 Å². The summed E-state index contributed by atoms with van der Waals surface area (Å²) in [6, 6.07) is 0. The van der Waals surface area contributed by atoms with Crippen molar-refractivity contribution < 1.29 is 9.90 Å². The number of carbonyl (C=O) groups excluding carboxylic acids is 1. The van der Waals surface area contributed by atoms with E-state index in [1.165, 1.54) is 0 Å². The molecule has 0 aliphatic heterocycles. The van der Waals surface area contributed by atoms with Crippen LogP contribution in [-0.4, -0.2) is 30.2 Å². The fourth-order valence-electron chi connectivity index (χ4n) is 2.73. The summed E-state index contributed by atoms with van der Waals surface area (Å²) in [6.07, 6.45) is 5.19. The molecule has 4 N–H and O–H groups in total. The van der Waals surface area contributed by atoms with Gasteiger partial charge in [-0.15, -0.1) is 0 Å². The minimum Gasteiger partial charge on any atom is -0.393 e. The van der Waals surface area contributed by atoms with Crippen molar-refractivity contribution in [2.75, 3.05) is 13.1 Å². The summed E-state index contributed by atoms with van der Waals surface area (Å²) in [5, 5.41) is 12.5. The molecule has 0 spiro atoms. The van der Waals surface area contributed by atoms with Crippen LogP contribution in [-0.2, 0) is 4.79 Å². The molecule has 1 amide bonds. The molecule has 1 aliphatic carbocycles. The Morgan fingerprint density at radius 2 is 1.83 bits per heavy atom. The van der Waals surface area contributed by atoms with Crippen molar-refractivity contribution in [2.45, 2.75) is 58.5 Å². The second kappa shape index (κ2) is 7.10. The first kappa shape index (κ1) is 15.4. The lowest BCUT2D eigenvalue weighted by Crippen LogP contribution is -2.46. The average molecular weight is 256 g/mol. The Kier molecular flexibility index (Phi) is 6.09. The van der Waals surface area contributed by atoms with Gasteiger partial charge in [-0.1, -0.05) is 13.8 Å². The quantitative estimate of drug-likeness (QED) is 0.673. The second-order valence-electron chi connectivity index (χ2n) is 5.58. The van der Waals surface area contributed by atoms with Gasteiger partial charge in [0.25, 0.3) is 0 Å². The first-order chi connectivity index (χ1) is 8.57. The number of nitrogens with one attached hydrogen (secondary N) is 1. The molecular formula is C14H28N2O2. The van der Waals surface area contributed by atoms with Crippen molar-refractivity contribution in [3.05, 3.63) is 0 Å². The highest BCUT2D eigenvalue weighted by molar-refractivity contribution is 5.82. The normalized spacial score (nSPS) is 24.9. The Balaban J connectivity index is 2.40. The smallest absolute Gasteiger partial charge is 0.227 e. The maximum Gasteiger partial charge on any atom is 0.227 e. The van der Waals surface area contributed by atoms with Crippen LogP contribution in [0, 0.1) is 11.3 Å². The average Bonchev–Trinajstić information content (AvgIpc) is 2.41. The number of hydrogen-bond acceptors (Lipinski definition) is 3. The van der Waals surface area contributed by atoms with Crippen LogP contribution in [0.2, 0.25) is 0 Å². The van der Waals surface area contributed by atoms with Crippen LogP contribution in [0.25, 0.3) is 0 Å². The van der Waals surface area contributed by atoms with Crippen LogP contribution < -0.4 is 11.1 Å². The molecule has 0 heterocycles. The second-order valence-corrected chi connectivity index (χ2v) is 5.58. The van der Waals surface area contributed by atoms with E-state index in [0.717, 1.165) is 45.1 Å². The molecule has 1 aliphatic rings. The fourth-order valence-corrected chi connectivity index (χ4v) is 2.73. The van der Waals surface area contributed by atoms with Gasteiger partial charge in [0, 0.05) is 13.1 Å². The van der Waals surface area contributed by atoms with Crippen molar-refractivity contribution in [3.63, 3.8) is 0 Å². The molecule has 4 heteroatoms. The Hall–Kier alpha value is -0.610. The monoisotopic (exact) mass is 256 g/mol. The molecule has 1 saturated carbocycles.